The molecule has 0 aromatic heterocycles. The number of nitrogens with zero attached hydrogens (tertiary/aromatic N) is 1. The molecular formula is C30H34Cl2N2O2. The average Bonchev–Trinajstić information content (AvgIpc) is 2.83. The highest BCUT2D eigenvalue weighted by molar-refractivity contribution is 6.42. The second-order valence-corrected chi connectivity index (χ2v) is 10.3. The quantitative estimate of drug-likeness (QED) is 0.320. The van der Waals surface area contributed by atoms with Crippen molar-refractivity contribution in [3.05, 3.63) is 105 Å². The van der Waals surface area contributed by atoms with Gasteiger partial charge in [-0.05, 0) is 56.0 Å². The van der Waals surface area contributed by atoms with Gasteiger partial charge < -0.3 is 10.2 Å². The molecule has 3 aromatic rings. The fraction of sp³-hybridized carbons (Fsp3) is 0.333. The molecule has 36 heavy (non-hydrogen) atoms. The van der Waals surface area contributed by atoms with Crippen molar-refractivity contribution in [2.75, 3.05) is 0 Å². The van der Waals surface area contributed by atoms with Crippen molar-refractivity contribution in [2.45, 2.75) is 65.6 Å². The molecule has 3 aromatic carbocycles. The predicted molar refractivity (Wildman–Crippen MR) is 148 cm³/mol. The summed E-state index contributed by atoms with van der Waals surface area (Å²) in [5.41, 5.74) is 4.93. The van der Waals surface area contributed by atoms with Crippen LogP contribution in [0.15, 0.2) is 66.7 Å². The van der Waals surface area contributed by atoms with Crippen molar-refractivity contribution >= 4 is 35.0 Å². The van der Waals surface area contributed by atoms with Gasteiger partial charge >= 0.3 is 0 Å². The minimum Gasteiger partial charge on any atom is -0.352 e. The van der Waals surface area contributed by atoms with Gasteiger partial charge in [0.1, 0.15) is 6.04 Å². The minimum atomic E-state index is -0.686. The summed E-state index contributed by atoms with van der Waals surface area (Å²) in [6.45, 7) is 8.28. The van der Waals surface area contributed by atoms with Gasteiger partial charge in [0.2, 0.25) is 11.8 Å². The minimum absolute atomic E-state index is 0.00266. The second-order valence-electron chi connectivity index (χ2n) is 9.47. The number of amides is 2. The lowest BCUT2D eigenvalue weighted by Crippen LogP contribution is -2.52. The maximum atomic E-state index is 13.9. The normalized spacial score (nSPS) is 12.6. The van der Waals surface area contributed by atoms with Crippen LogP contribution in [0.3, 0.4) is 0 Å². The van der Waals surface area contributed by atoms with Gasteiger partial charge in [0.25, 0.3) is 0 Å². The molecule has 0 saturated carbocycles. The topological polar surface area (TPSA) is 49.4 Å². The summed E-state index contributed by atoms with van der Waals surface area (Å²) >= 11 is 12.4. The molecule has 1 N–H and O–H groups in total. The number of carbonyl (C=O) groups is 2. The first-order valence-corrected chi connectivity index (χ1v) is 13.1. The van der Waals surface area contributed by atoms with E-state index in [2.05, 4.69) is 11.4 Å². The Hall–Kier alpha value is -2.82. The van der Waals surface area contributed by atoms with E-state index in [1.807, 2.05) is 76.2 Å². The van der Waals surface area contributed by atoms with E-state index in [9.17, 15) is 9.59 Å². The maximum Gasteiger partial charge on any atom is 0.243 e. The third-order valence-electron chi connectivity index (χ3n) is 6.25. The Balaban J connectivity index is 2.01. The van der Waals surface area contributed by atoms with Crippen LogP contribution in [-0.2, 0) is 29.0 Å². The molecular weight excluding hydrogens is 491 g/mol. The van der Waals surface area contributed by atoms with E-state index in [0.29, 0.717) is 16.5 Å². The zero-order valence-corrected chi connectivity index (χ0v) is 22.9. The van der Waals surface area contributed by atoms with Crippen LogP contribution < -0.4 is 5.32 Å². The van der Waals surface area contributed by atoms with Gasteiger partial charge in [-0.3, -0.25) is 9.59 Å². The maximum absolute atomic E-state index is 13.9. The lowest BCUT2D eigenvalue weighted by molar-refractivity contribution is -0.141. The first-order valence-electron chi connectivity index (χ1n) is 12.3. The molecule has 2 amide bonds. The smallest absolute Gasteiger partial charge is 0.243 e. The number of aryl methyl sites for hydroxylation is 2. The summed E-state index contributed by atoms with van der Waals surface area (Å²) in [4.78, 5) is 29.1. The van der Waals surface area contributed by atoms with E-state index in [1.165, 1.54) is 0 Å². The molecule has 0 aliphatic carbocycles. The van der Waals surface area contributed by atoms with Crippen molar-refractivity contribution < 1.29 is 9.59 Å². The molecule has 0 aliphatic rings. The Morgan fingerprint density at radius 2 is 1.53 bits per heavy atom. The fourth-order valence-electron chi connectivity index (χ4n) is 4.28. The number of rotatable bonds is 10. The van der Waals surface area contributed by atoms with Crippen molar-refractivity contribution in [2.24, 2.45) is 0 Å². The molecule has 190 valence electrons. The second kappa shape index (κ2) is 12.9. The van der Waals surface area contributed by atoms with Crippen LogP contribution in [0.4, 0.5) is 0 Å². The molecule has 2 atom stereocenters. The van der Waals surface area contributed by atoms with Gasteiger partial charge in [0.05, 0.1) is 16.5 Å². The van der Waals surface area contributed by atoms with Crippen molar-refractivity contribution in [1.29, 1.82) is 0 Å². The first kappa shape index (κ1) is 27.8. The van der Waals surface area contributed by atoms with E-state index in [4.69, 9.17) is 23.2 Å². The van der Waals surface area contributed by atoms with Crippen molar-refractivity contribution in [3.63, 3.8) is 0 Å². The van der Waals surface area contributed by atoms with Gasteiger partial charge in [-0.1, -0.05) is 95.8 Å². The van der Waals surface area contributed by atoms with Gasteiger partial charge in [-0.15, -0.1) is 0 Å². The third kappa shape index (κ3) is 7.84. The standard InChI is InChI=1S/C30H34Cl2N2O2/c1-5-22(4)33-30(36)28(17-23-9-7-6-8-10-23)34(19-24-11-12-26(31)27(32)16-24)29(35)18-25-14-20(2)13-21(3)15-25/h6-16,22,28H,5,17-19H2,1-4H3,(H,33,36)/t22-,28-/m0/s1. The van der Waals surface area contributed by atoms with Gasteiger partial charge in [-0.2, -0.15) is 0 Å². The van der Waals surface area contributed by atoms with E-state index in [1.54, 1.807) is 17.0 Å². The molecule has 0 radical (unpaired) electrons. The number of benzene rings is 3. The summed E-state index contributed by atoms with van der Waals surface area (Å²) in [5.74, 6) is -0.284. The molecule has 4 nitrogen and oxygen atoms in total. The number of hydrogen-bond acceptors (Lipinski definition) is 2. The number of halogens is 2. The predicted octanol–water partition coefficient (Wildman–Crippen LogP) is 6.71. The Morgan fingerprint density at radius 1 is 0.861 bits per heavy atom. The lowest BCUT2D eigenvalue weighted by atomic mass is 10.00. The third-order valence-corrected chi connectivity index (χ3v) is 6.98. The molecule has 0 heterocycles. The zero-order valence-electron chi connectivity index (χ0n) is 21.4. The van der Waals surface area contributed by atoms with Crippen LogP contribution in [0, 0.1) is 13.8 Å². The highest BCUT2D eigenvalue weighted by atomic mass is 35.5. The Bertz CT molecular complexity index is 1180. The van der Waals surface area contributed by atoms with E-state index < -0.39 is 6.04 Å². The number of hydrogen-bond donors (Lipinski definition) is 1. The highest BCUT2D eigenvalue weighted by Gasteiger charge is 2.31. The fourth-order valence-corrected chi connectivity index (χ4v) is 4.60. The Labute approximate surface area is 224 Å². The molecule has 6 heteroatoms. The average molecular weight is 526 g/mol. The van der Waals surface area contributed by atoms with Gasteiger partial charge in [-0.25, -0.2) is 0 Å². The zero-order chi connectivity index (χ0) is 26.2. The van der Waals surface area contributed by atoms with Crippen molar-refractivity contribution in [1.82, 2.24) is 10.2 Å². The van der Waals surface area contributed by atoms with Gasteiger partial charge in [0, 0.05) is 19.0 Å². The Kier molecular flexibility index (Phi) is 9.98. The number of carbonyl (C=O) groups excluding carboxylic acids is 2. The van der Waals surface area contributed by atoms with Crippen LogP contribution in [-0.4, -0.2) is 28.8 Å². The molecule has 0 unspecified atom stereocenters. The van der Waals surface area contributed by atoms with Crippen LogP contribution in [0.1, 0.15) is 48.1 Å². The summed E-state index contributed by atoms with van der Waals surface area (Å²) in [6.07, 6.45) is 1.40. The Morgan fingerprint density at radius 3 is 2.14 bits per heavy atom. The number of nitrogens with one attached hydrogen (secondary N) is 1. The van der Waals surface area contributed by atoms with E-state index in [-0.39, 0.29) is 30.8 Å². The van der Waals surface area contributed by atoms with Crippen LogP contribution >= 0.6 is 23.2 Å². The SMILES string of the molecule is CC[C@H](C)NC(=O)[C@H](Cc1ccccc1)N(Cc1ccc(Cl)c(Cl)c1)C(=O)Cc1cc(C)cc(C)c1. The first-order chi connectivity index (χ1) is 17.2. The van der Waals surface area contributed by atoms with Crippen LogP contribution in [0.2, 0.25) is 10.0 Å². The molecule has 0 fully saturated rings. The monoisotopic (exact) mass is 524 g/mol. The van der Waals surface area contributed by atoms with Crippen LogP contribution in [0.25, 0.3) is 0 Å². The molecule has 0 aliphatic heterocycles. The lowest BCUT2D eigenvalue weighted by Gasteiger charge is -2.32. The summed E-state index contributed by atoms with van der Waals surface area (Å²) in [5, 5.41) is 3.96. The van der Waals surface area contributed by atoms with Gasteiger partial charge in [0.15, 0.2) is 0 Å². The summed E-state index contributed by atoms with van der Waals surface area (Å²) in [6, 6.07) is 20.6. The van der Waals surface area contributed by atoms with E-state index >= 15 is 0 Å². The molecule has 0 bridgehead atoms. The summed E-state index contributed by atoms with van der Waals surface area (Å²) in [7, 11) is 0. The molecule has 3 rings (SSSR count). The highest BCUT2D eigenvalue weighted by Crippen LogP contribution is 2.25. The summed E-state index contributed by atoms with van der Waals surface area (Å²) < 4.78 is 0. The van der Waals surface area contributed by atoms with E-state index in [0.717, 1.165) is 34.2 Å². The molecule has 0 spiro atoms. The van der Waals surface area contributed by atoms with Crippen molar-refractivity contribution in [3.8, 4) is 0 Å². The largest absolute Gasteiger partial charge is 0.352 e. The molecule has 0 saturated heterocycles. The van der Waals surface area contributed by atoms with Crippen LogP contribution in [0.5, 0.6) is 0 Å².